The number of aromatic amines is 2. The van der Waals surface area contributed by atoms with Crippen molar-refractivity contribution in [1.82, 2.24) is 57.0 Å². The zero-order chi connectivity index (χ0) is 70.4. The van der Waals surface area contributed by atoms with Gasteiger partial charge in [-0.2, -0.15) is 23.5 Å². The zero-order valence-corrected chi connectivity index (χ0v) is 56.7. The Hall–Kier alpha value is -8.64. The molecule has 98 heavy (non-hydrogen) atoms. The van der Waals surface area contributed by atoms with E-state index < -0.39 is 131 Å². The molecule has 0 spiro atoms. The van der Waals surface area contributed by atoms with Gasteiger partial charge in [0.1, 0.15) is 71.0 Å². The molecule has 14 N–H and O–H groups in total. The first-order valence-corrected chi connectivity index (χ1v) is 35.2. The minimum Gasteiger partial charge on any atom is -0.497 e. The molecule has 0 aliphatic carbocycles. The van der Waals surface area contributed by atoms with Crippen LogP contribution in [0.1, 0.15) is 93.5 Å². The van der Waals surface area contributed by atoms with Crippen molar-refractivity contribution in [2.75, 3.05) is 44.8 Å². The highest BCUT2D eigenvalue weighted by atomic mass is 32.2. The van der Waals surface area contributed by atoms with Crippen molar-refractivity contribution < 1.29 is 66.2 Å². The van der Waals surface area contributed by atoms with Crippen molar-refractivity contribution in [2.24, 2.45) is 11.5 Å². The number of nitrogens with one attached hydrogen (secondary N) is 9. The number of rotatable bonds is 12. The molecule has 9 amide bonds. The van der Waals surface area contributed by atoms with Crippen LogP contribution in [0, 0.1) is 17.5 Å². The maximum atomic E-state index is 15.5. The highest BCUT2D eigenvalue weighted by molar-refractivity contribution is 7.98. The van der Waals surface area contributed by atoms with Gasteiger partial charge < -0.3 is 78.3 Å². The van der Waals surface area contributed by atoms with E-state index >= 15 is 23.2 Å². The molecule has 2 bridgehead atoms. The number of nitrogens with two attached hydrogens (primary N) is 2. The number of halogens is 3. The number of aromatic nitrogens is 2. The third-order valence-corrected chi connectivity index (χ3v) is 20.1. The molecule has 10 atom stereocenters. The van der Waals surface area contributed by atoms with E-state index in [4.69, 9.17) is 16.2 Å². The lowest BCUT2D eigenvalue weighted by Gasteiger charge is -2.37. The summed E-state index contributed by atoms with van der Waals surface area (Å²) < 4.78 is 50.4. The van der Waals surface area contributed by atoms with Gasteiger partial charge in [0, 0.05) is 109 Å². The Morgan fingerprint density at radius 2 is 1.28 bits per heavy atom. The van der Waals surface area contributed by atoms with Crippen LogP contribution in [0.25, 0.3) is 21.8 Å². The molecule has 526 valence electrons. The van der Waals surface area contributed by atoms with Gasteiger partial charge in [0.2, 0.25) is 53.2 Å². The summed E-state index contributed by atoms with van der Waals surface area (Å²) in [5.41, 5.74) is 14.6. The number of hydrogen-bond donors (Lipinski definition) is 12. The Bertz CT molecular complexity index is 3880. The summed E-state index contributed by atoms with van der Waals surface area (Å²) in [5, 5.41) is 31.3. The molecule has 2 aromatic heterocycles. The smallest absolute Gasteiger partial charge is 0.246 e. The van der Waals surface area contributed by atoms with Crippen LogP contribution in [0.4, 0.5) is 13.2 Å². The van der Waals surface area contributed by atoms with E-state index in [2.05, 4.69) is 47.2 Å². The molecule has 0 saturated carbocycles. The predicted molar refractivity (Wildman–Crippen MR) is 366 cm³/mol. The lowest BCUT2D eigenvalue weighted by molar-refractivity contribution is -0.147. The number of aliphatic hydroxyl groups excluding tert-OH is 1. The number of unbranched alkanes of at least 4 members (excludes halogenated alkanes) is 1. The van der Waals surface area contributed by atoms with Gasteiger partial charge in [-0.25, -0.2) is 13.2 Å². The number of benzene rings is 4. The van der Waals surface area contributed by atoms with Gasteiger partial charge in [0.05, 0.1) is 13.2 Å². The van der Waals surface area contributed by atoms with Crippen LogP contribution in [0.5, 0.6) is 5.75 Å². The minimum absolute atomic E-state index is 0.0198. The Labute approximate surface area is 573 Å². The monoisotopic (exact) mass is 1390 g/mol. The van der Waals surface area contributed by atoms with Crippen molar-refractivity contribution >= 4 is 98.5 Å². The largest absolute Gasteiger partial charge is 0.497 e. The van der Waals surface area contributed by atoms with E-state index in [0.717, 1.165) is 4.90 Å². The van der Waals surface area contributed by atoms with Crippen LogP contribution in [0.2, 0.25) is 0 Å². The Morgan fingerprint density at radius 1 is 0.673 bits per heavy atom. The van der Waals surface area contributed by atoms with Crippen LogP contribution >= 0.6 is 23.5 Å². The highest BCUT2D eigenvalue weighted by Gasteiger charge is 2.48. The van der Waals surface area contributed by atoms with E-state index in [1.165, 1.54) is 110 Å². The number of nitrogens with zero attached hydrogens (tertiary/aromatic N) is 2. The number of thioether (sulfide) groups is 2. The van der Waals surface area contributed by atoms with E-state index in [0.29, 0.717) is 104 Å². The van der Waals surface area contributed by atoms with Crippen LogP contribution in [-0.2, 0) is 73.9 Å². The maximum Gasteiger partial charge on any atom is 0.246 e. The fraction of sp³-hybridized carbons (Fsp3) is 0.464. The highest BCUT2D eigenvalue weighted by Crippen LogP contribution is 2.32. The SMILES string of the molecule is COc1ccc(C[C@@H]2NC(=O)[C@@H]([C@H](C)O)NC(=O)[C@H]3C[C@@H](N)CN3C(=O)[C@H](Cc3c[nH]c4ccc(F)cc34)NC(=O)[C@H](Cc3c[nH]c4ccc(F)cc34)NC(=O)[C@@H](C)NC(=O)[C@H](CCCCN)NC(=O)CCSCc3cc(F)cc(c3)CSCCNC(=O)[C@]3(C)CCCN3C2=O)cc1. The topological polar surface area (TPSA) is 357 Å². The first-order valence-electron chi connectivity index (χ1n) is 32.8. The molecule has 24 nitrogen and oxygen atoms in total. The standard InChI is InChI=1S/C69H86F3N13O11S2/c1-38-61(88)80-55(28-43-33-76-52-15-11-45(70)30-50(43)52)63(90)81-57(29-44-34-77-53-16-12-46(71)31-51(44)53)66(93)84-35-48(74)32-58(84)64(91)83-60(39(2)86)65(92)82-56(27-40-9-13-49(96-4)14-10-40)67(94)85-21-7-18-69(85,3)68(95)75-20-23-98-37-42-24-41(25-47(72)26-42)36-97-22-17-59(87)79-54(62(89)78-38)8-5-6-19-73/h9-16,24-26,30-31,33-34,38-39,48,54-58,60,76-77,86H,5-8,17-23,27-29,32,35-37,73-74H2,1-4H3,(H,75,95)(H,78,89)(H,79,87)(H,80,88)(H,81,90)(H,82,92)(H,83,91)/t38-,39+,48-,54+,55+,56+,57+,58-,60-,69+/m1/s1. The fourth-order valence-electron chi connectivity index (χ4n) is 12.7. The van der Waals surface area contributed by atoms with E-state index in [-0.39, 0.29) is 64.6 Å². The summed E-state index contributed by atoms with van der Waals surface area (Å²) in [5.74, 6) is -6.57. The Kier molecular flexibility index (Phi) is 25.3. The van der Waals surface area contributed by atoms with E-state index in [1.807, 2.05) is 6.07 Å². The summed E-state index contributed by atoms with van der Waals surface area (Å²) in [6.45, 7) is 4.64. The first kappa shape index (κ1) is 73.6. The van der Waals surface area contributed by atoms with Gasteiger partial charge in [-0.15, -0.1) is 0 Å². The van der Waals surface area contributed by atoms with E-state index in [1.54, 1.807) is 31.2 Å². The number of carbonyl (C=O) groups excluding carboxylic acids is 9. The second-order valence-corrected chi connectivity index (χ2v) is 27.7. The van der Waals surface area contributed by atoms with Crippen LogP contribution in [-0.4, -0.2) is 183 Å². The van der Waals surface area contributed by atoms with Crippen molar-refractivity contribution in [3.8, 4) is 5.75 Å². The number of methoxy groups -OCH3 is 1. The second-order valence-electron chi connectivity index (χ2n) is 25.5. The molecule has 2 saturated heterocycles. The lowest BCUT2D eigenvalue weighted by Crippen LogP contribution is -2.63. The second kappa shape index (κ2) is 33.7. The van der Waals surface area contributed by atoms with Crippen LogP contribution < -0.4 is 53.4 Å². The Morgan fingerprint density at radius 3 is 1.91 bits per heavy atom. The molecule has 3 aliphatic rings. The number of H-pyrrole nitrogens is 2. The number of hydrogen-bond acceptors (Lipinski definition) is 15. The van der Waals surface area contributed by atoms with Crippen molar-refractivity contribution in [1.29, 1.82) is 0 Å². The number of ether oxygens (including phenoxy) is 1. The van der Waals surface area contributed by atoms with Crippen LogP contribution in [0.3, 0.4) is 0 Å². The summed E-state index contributed by atoms with van der Waals surface area (Å²) in [4.78, 5) is 140. The molecule has 4 aromatic carbocycles. The number of amides is 9. The summed E-state index contributed by atoms with van der Waals surface area (Å²) in [7, 11) is 1.49. The first-order chi connectivity index (χ1) is 46.9. The summed E-state index contributed by atoms with van der Waals surface area (Å²) in [6.07, 6.45) is 2.27. The fourth-order valence-corrected chi connectivity index (χ4v) is 14.4. The van der Waals surface area contributed by atoms with Gasteiger partial charge in [-0.05, 0) is 154 Å². The molecular weight excluding hydrogens is 1310 g/mol. The predicted octanol–water partition coefficient (Wildman–Crippen LogP) is 3.54. The quantitative estimate of drug-likeness (QED) is 0.0780. The van der Waals surface area contributed by atoms with Crippen molar-refractivity contribution in [2.45, 2.75) is 156 Å². The summed E-state index contributed by atoms with van der Waals surface area (Å²) in [6, 6.07) is 8.21. The average molecular weight is 1390 g/mol. The minimum atomic E-state index is -1.76. The average Bonchev–Trinajstić information content (AvgIpc) is 1.59. The Balaban J connectivity index is 1.04. The zero-order valence-electron chi connectivity index (χ0n) is 55.1. The van der Waals surface area contributed by atoms with E-state index in [9.17, 15) is 38.3 Å². The molecule has 0 radical (unpaired) electrons. The third kappa shape index (κ3) is 18.8. The molecule has 2 fully saturated rings. The van der Waals surface area contributed by atoms with Gasteiger partial charge in [-0.3, -0.25) is 43.2 Å². The van der Waals surface area contributed by atoms with Gasteiger partial charge >= 0.3 is 0 Å². The number of fused-ring (bicyclic) bond motifs is 6. The van der Waals surface area contributed by atoms with Gasteiger partial charge in [-0.1, -0.05) is 18.2 Å². The van der Waals surface area contributed by atoms with Gasteiger partial charge in [0.25, 0.3) is 0 Å². The number of carbonyl (C=O) groups is 9. The third-order valence-electron chi connectivity index (χ3n) is 18.1. The molecule has 0 unspecified atom stereocenters. The molecule has 29 heteroatoms. The van der Waals surface area contributed by atoms with Crippen LogP contribution in [0.15, 0.2) is 91.3 Å². The summed E-state index contributed by atoms with van der Waals surface area (Å²) >= 11 is 2.83. The number of aliphatic hydroxyl groups is 1. The lowest BCUT2D eigenvalue weighted by atomic mass is 9.95. The molecule has 9 rings (SSSR count). The normalized spacial score (nSPS) is 24.9. The molecular formula is C69H86F3N13O11S2. The van der Waals surface area contributed by atoms with Crippen molar-refractivity contribution in [3.05, 3.63) is 137 Å². The van der Waals surface area contributed by atoms with Gasteiger partial charge in [0.15, 0.2) is 0 Å². The molecule has 6 aromatic rings. The molecule has 5 heterocycles. The van der Waals surface area contributed by atoms with Crippen molar-refractivity contribution in [3.63, 3.8) is 0 Å². The maximum absolute atomic E-state index is 15.5. The molecule has 3 aliphatic heterocycles.